The summed E-state index contributed by atoms with van der Waals surface area (Å²) in [5.74, 6) is -0.283. The largest absolute Gasteiger partial charge is 0.206 e. The maximum atomic E-state index is 13.2. The molecule has 0 saturated carbocycles. The highest BCUT2D eigenvalue weighted by Gasteiger charge is 1.98. The molecule has 0 unspecified atom stereocenters. The van der Waals surface area contributed by atoms with Gasteiger partial charge >= 0.3 is 0 Å². The molecule has 0 aromatic heterocycles. The van der Waals surface area contributed by atoms with Crippen molar-refractivity contribution in [3.8, 4) is 6.07 Å². The summed E-state index contributed by atoms with van der Waals surface area (Å²) in [6.07, 6.45) is 3.42. The van der Waals surface area contributed by atoms with E-state index in [1.807, 2.05) is 6.07 Å². The lowest BCUT2D eigenvalue weighted by molar-refractivity contribution is 0.617. The van der Waals surface area contributed by atoms with Crippen LogP contribution in [0.25, 0.3) is 12.2 Å². The average molecular weight is 175 g/mol. The Balaban J connectivity index is 3.82. The minimum absolute atomic E-state index is 0.283. The van der Waals surface area contributed by atoms with E-state index in [2.05, 4.69) is 0 Å². The summed E-state index contributed by atoms with van der Waals surface area (Å²) in [4.78, 5) is 0. The van der Waals surface area contributed by atoms with Crippen LogP contribution in [0.4, 0.5) is 4.39 Å². The van der Waals surface area contributed by atoms with Crippen LogP contribution in [0.3, 0.4) is 0 Å². The normalized spacial score (nSPS) is 13.1. The van der Waals surface area contributed by atoms with Gasteiger partial charge in [-0.15, -0.1) is 0 Å². The standard InChI is InChI=1S/C11H10FN/c1-3-9-8(7-13)5-6-11(12)10(9)4-2/h3-6H,1-2H3/b9-3-,10-4+. The van der Waals surface area contributed by atoms with E-state index in [1.54, 1.807) is 26.0 Å². The first-order chi connectivity index (χ1) is 6.24. The molecule has 0 N–H and O–H groups in total. The maximum absolute atomic E-state index is 13.2. The Hall–Kier alpha value is -1.62. The summed E-state index contributed by atoms with van der Waals surface area (Å²) in [7, 11) is 0. The Morgan fingerprint density at radius 2 is 1.85 bits per heavy atom. The third-order valence-corrected chi connectivity index (χ3v) is 1.93. The molecule has 66 valence electrons. The molecule has 0 aliphatic heterocycles. The molecule has 0 amide bonds. The Kier molecular flexibility index (Phi) is 2.81. The molecular weight excluding hydrogens is 165 g/mol. The van der Waals surface area contributed by atoms with Crippen LogP contribution in [0, 0.1) is 17.1 Å². The van der Waals surface area contributed by atoms with E-state index < -0.39 is 0 Å². The summed E-state index contributed by atoms with van der Waals surface area (Å²) in [6, 6.07) is 4.85. The molecule has 0 aliphatic carbocycles. The smallest absolute Gasteiger partial charge is 0.130 e. The van der Waals surface area contributed by atoms with Gasteiger partial charge in [0.25, 0.3) is 0 Å². The fourth-order valence-corrected chi connectivity index (χ4v) is 1.31. The van der Waals surface area contributed by atoms with Crippen LogP contribution < -0.4 is 10.4 Å². The average Bonchev–Trinajstić information content (AvgIpc) is 2.17. The number of hydrogen-bond acceptors (Lipinski definition) is 1. The zero-order valence-corrected chi connectivity index (χ0v) is 7.63. The molecule has 0 bridgehead atoms. The third kappa shape index (κ3) is 1.59. The molecule has 0 atom stereocenters. The second-order valence-corrected chi connectivity index (χ2v) is 2.61. The summed E-state index contributed by atoms with van der Waals surface area (Å²) in [6.45, 7) is 3.55. The van der Waals surface area contributed by atoms with Crippen LogP contribution in [0.2, 0.25) is 0 Å². The number of benzene rings is 1. The summed E-state index contributed by atoms with van der Waals surface area (Å²) >= 11 is 0. The van der Waals surface area contributed by atoms with E-state index in [1.165, 1.54) is 12.1 Å². The quantitative estimate of drug-likeness (QED) is 0.583. The molecule has 13 heavy (non-hydrogen) atoms. The predicted octanol–water partition coefficient (Wildman–Crippen LogP) is 1.30. The highest BCUT2D eigenvalue weighted by atomic mass is 19.1. The fourth-order valence-electron chi connectivity index (χ4n) is 1.31. The molecule has 0 spiro atoms. The van der Waals surface area contributed by atoms with Gasteiger partial charge in [-0.3, -0.25) is 0 Å². The van der Waals surface area contributed by atoms with Gasteiger partial charge in [-0.2, -0.15) is 5.26 Å². The van der Waals surface area contributed by atoms with Gasteiger partial charge < -0.3 is 0 Å². The summed E-state index contributed by atoms with van der Waals surface area (Å²) in [5.41, 5.74) is 0.511. The molecule has 1 aromatic rings. The first-order valence-corrected chi connectivity index (χ1v) is 4.06. The second kappa shape index (κ2) is 3.86. The SMILES string of the molecule is C/C=c1/c(C#N)ccc(F)/c1=C/C. The number of nitrogens with zero attached hydrogens (tertiary/aromatic N) is 1. The number of rotatable bonds is 0. The zero-order chi connectivity index (χ0) is 9.84. The van der Waals surface area contributed by atoms with Crippen LogP contribution >= 0.6 is 0 Å². The van der Waals surface area contributed by atoms with Gasteiger partial charge in [-0.25, -0.2) is 4.39 Å². The minimum atomic E-state index is -0.283. The number of nitriles is 1. The molecule has 1 nitrogen and oxygen atoms in total. The van der Waals surface area contributed by atoms with E-state index in [4.69, 9.17) is 5.26 Å². The van der Waals surface area contributed by atoms with E-state index in [0.717, 1.165) is 0 Å². The lowest BCUT2D eigenvalue weighted by Crippen LogP contribution is -2.30. The third-order valence-electron chi connectivity index (χ3n) is 1.93. The van der Waals surface area contributed by atoms with Crippen molar-refractivity contribution in [1.82, 2.24) is 0 Å². The molecule has 0 aliphatic rings. The van der Waals surface area contributed by atoms with Crippen molar-refractivity contribution in [3.05, 3.63) is 34.0 Å². The van der Waals surface area contributed by atoms with Gasteiger partial charge in [0.1, 0.15) is 5.82 Å². The van der Waals surface area contributed by atoms with Crippen molar-refractivity contribution < 1.29 is 4.39 Å². The lowest BCUT2D eigenvalue weighted by Gasteiger charge is -1.94. The van der Waals surface area contributed by atoms with Crippen LogP contribution in [-0.2, 0) is 0 Å². The van der Waals surface area contributed by atoms with Crippen molar-refractivity contribution in [2.45, 2.75) is 13.8 Å². The molecular formula is C11H10FN. The molecule has 0 radical (unpaired) electrons. The molecule has 0 fully saturated rings. The monoisotopic (exact) mass is 175 g/mol. The zero-order valence-electron chi connectivity index (χ0n) is 7.63. The molecule has 0 heterocycles. The highest BCUT2D eigenvalue weighted by molar-refractivity contribution is 5.40. The Morgan fingerprint density at radius 1 is 1.23 bits per heavy atom. The van der Waals surface area contributed by atoms with Gasteiger partial charge in [0.15, 0.2) is 0 Å². The molecule has 1 rings (SSSR count). The van der Waals surface area contributed by atoms with Gasteiger partial charge in [-0.05, 0) is 31.2 Å². The van der Waals surface area contributed by atoms with Crippen LogP contribution in [0.1, 0.15) is 19.4 Å². The molecule has 1 aromatic carbocycles. The maximum Gasteiger partial charge on any atom is 0.130 e. The van der Waals surface area contributed by atoms with Crippen molar-refractivity contribution in [2.24, 2.45) is 0 Å². The minimum Gasteiger partial charge on any atom is -0.206 e. The molecule has 0 saturated heterocycles. The topological polar surface area (TPSA) is 23.8 Å². The Labute approximate surface area is 76.4 Å². The Morgan fingerprint density at radius 3 is 2.31 bits per heavy atom. The summed E-state index contributed by atoms with van der Waals surface area (Å²) < 4.78 is 13.2. The predicted molar refractivity (Wildman–Crippen MR) is 50.6 cm³/mol. The van der Waals surface area contributed by atoms with E-state index in [0.29, 0.717) is 16.0 Å². The van der Waals surface area contributed by atoms with Crippen molar-refractivity contribution >= 4 is 12.2 Å². The van der Waals surface area contributed by atoms with Crippen LogP contribution in [-0.4, -0.2) is 0 Å². The van der Waals surface area contributed by atoms with Crippen molar-refractivity contribution in [3.63, 3.8) is 0 Å². The number of halogens is 1. The highest BCUT2D eigenvalue weighted by Crippen LogP contribution is 1.90. The van der Waals surface area contributed by atoms with Gasteiger partial charge in [-0.1, -0.05) is 12.2 Å². The van der Waals surface area contributed by atoms with Gasteiger partial charge in [0.05, 0.1) is 11.6 Å². The number of hydrogen-bond donors (Lipinski definition) is 0. The van der Waals surface area contributed by atoms with E-state index in [9.17, 15) is 4.39 Å². The van der Waals surface area contributed by atoms with E-state index >= 15 is 0 Å². The fraction of sp³-hybridized carbons (Fsp3) is 0.182. The second-order valence-electron chi connectivity index (χ2n) is 2.61. The van der Waals surface area contributed by atoms with Crippen LogP contribution in [0.15, 0.2) is 12.1 Å². The van der Waals surface area contributed by atoms with Crippen LogP contribution in [0.5, 0.6) is 0 Å². The van der Waals surface area contributed by atoms with Crippen molar-refractivity contribution in [1.29, 1.82) is 5.26 Å². The summed E-state index contributed by atoms with van der Waals surface area (Å²) in [5, 5.41) is 9.93. The van der Waals surface area contributed by atoms with Gasteiger partial charge in [0, 0.05) is 5.22 Å². The first kappa shape index (κ1) is 9.47. The molecule has 2 heteroatoms. The first-order valence-electron chi connectivity index (χ1n) is 4.06. The van der Waals surface area contributed by atoms with Gasteiger partial charge in [0.2, 0.25) is 0 Å². The van der Waals surface area contributed by atoms with Crippen molar-refractivity contribution in [2.75, 3.05) is 0 Å². The lowest BCUT2D eigenvalue weighted by atomic mass is 10.1. The Bertz CT molecular complexity index is 466. The van der Waals surface area contributed by atoms with E-state index in [-0.39, 0.29) is 5.82 Å².